The minimum atomic E-state index is -2.27. The van der Waals surface area contributed by atoms with Gasteiger partial charge >= 0.3 is 8.56 Å². The van der Waals surface area contributed by atoms with Gasteiger partial charge in [0.2, 0.25) is 0 Å². The summed E-state index contributed by atoms with van der Waals surface area (Å²) in [7, 11) is -6.46. The summed E-state index contributed by atoms with van der Waals surface area (Å²) in [6.07, 6.45) is 5.56. The van der Waals surface area contributed by atoms with Crippen molar-refractivity contribution in [3.63, 3.8) is 0 Å². The van der Waals surface area contributed by atoms with Crippen molar-refractivity contribution in [2.75, 3.05) is 0 Å². The average molecular weight is 459 g/mol. The molecule has 118 valence electrons. The minimum absolute atomic E-state index is 1.02. The van der Waals surface area contributed by atoms with Gasteiger partial charge in [0.25, 0.3) is 16.6 Å². The molecule has 0 saturated carbocycles. The van der Waals surface area contributed by atoms with E-state index in [0.717, 1.165) is 5.56 Å². The van der Waals surface area contributed by atoms with Crippen molar-refractivity contribution < 1.29 is 8.23 Å². The average Bonchev–Trinajstić information content (AvgIpc) is 2.34. The van der Waals surface area contributed by atoms with E-state index >= 15 is 0 Å². The molecule has 0 aliphatic rings. The fraction of sp³-hybridized carbons (Fsp3) is 0.375. The number of hydrogen-bond donors (Lipinski definition) is 0. The van der Waals surface area contributed by atoms with Gasteiger partial charge in [0.15, 0.2) is 0 Å². The van der Waals surface area contributed by atoms with Gasteiger partial charge in [-0.2, -0.15) is 0 Å². The van der Waals surface area contributed by atoms with E-state index in [-0.39, 0.29) is 0 Å². The van der Waals surface area contributed by atoms with Crippen molar-refractivity contribution in [2.45, 2.75) is 39.3 Å². The summed E-state index contributed by atoms with van der Waals surface area (Å²) in [6, 6.07) is 8.17. The van der Waals surface area contributed by atoms with Crippen LogP contribution in [0, 0.1) is 27.0 Å². The standard InChI is InChI=1S/C16H23IO2Si3/c1-8-20(2,3)18-22(6,7)19-21(4,5)13-12-15-10-9-11-16(17)14-15/h1,9-11,14H,2-7H3. The molecule has 0 spiro atoms. The molecular formula is C16H23IO2Si3. The molecule has 1 aromatic rings. The fourth-order valence-corrected chi connectivity index (χ4v) is 13.9. The molecule has 0 fully saturated rings. The molecule has 6 heteroatoms. The maximum atomic E-state index is 6.33. The van der Waals surface area contributed by atoms with Gasteiger partial charge in [-0.3, -0.25) is 0 Å². The summed E-state index contributed by atoms with van der Waals surface area (Å²) in [6.45, 7) is 12.4. The van der Waals surface area contributed by atoms with Gasteiger partial charge in [0, 0.05) is 9.13 Å². The van der Waals surface area contributed by atoms with Gasteiger partial charge in [-0.15, -0.1) is 12.0 Å². The first-order valence-electron chi connectivity index (χ1n) is 7.12. The van der Waals surface area contributed by atoms with Gasteiger partial charge in [-0.1, -0.05) is 17.5 Å². The summed E-state index contributed by atoms with van der Waals surface area (Å²) < 4.78 is 13.7. The Hall–Kier alpha value is -0.359. The van der Waals surface area contributed by atoms with Gasteiger partial charge in [0.05, 0.1) is 0 Å². The number of rotatable bonds is 4. The van der Waals surface area contributed by atoms with Crippen molar-refractivity contribution in [3.05, 3.63) is 33.4 Å². The zero-order valence-corrected chi connectivity index (χ0v) is 19.2. The summed E-state index contributed by atoms with van der Waals surface area (Å²) in [5.41, 5.74) is 7.16. The third kappa shape index (κ3) is 7.27. The van der Waals surface area contributed by atoms with Crippen LogP contribution < -0.4 is 0 Å². The topological polar surface area (TPSA) is 18.5 Å². The Morgan fingerprint density at radius 1 is 1.00 bits per heavy atom. The number of benzene rings is 1. The van der Waals surface area contributed by atoms with E-state index in [2.05, 4.69) is 77.9 Å². The largest absolute Gasteiger partial charge is 0.427 e. The highest BCUT2D eigenvalue weighted by atomic mass is 127. The molecule has 2 nitrogen and oxygen atoms in total. The molecule has 22 heavy (non-hydrogen) atoms. The first-order chi connectivity index (χ1) is 9.95. The molecule has 0 saturated heterocycles. The molecule has 0 atom stereocenters. The molecular weight excluding hydrogens is 435 g/mol. The summed E-state index contributed by atoms with van der Waals surface area (Å²) in [5, 5.41) is 0. The monoisotopic (exact) mass is 458 g/mol. The number of hydrogen-bond acceptors (Lipinski definition) is 2. The van der Waals surface area contributed by atoms with Crippen molar-refractivity contribution in [2.24, 2.45) is 0 Å². The molecule has 0 aromatic heterocycles. The van der Waals surface area contributed by atoms with E-state index in [9.17, 15) is 0 Å². The molecule has 0 N–H and O–H groups in total. The van der Waals surface area contributed by atoms with Crippen LogP contribution in [0.3, 0.4) is 0 Å². The Balaban J connectivity index is 2.86. The van der Waals surface area contributed by atoms with E-state index in [0.29, 0.717) is 0 Å². The van der Waals surface area contributed by atoms with Gasteiger partial charge in [-0.05, 0) is 80.1 Å². The van der Waals surface area contributed by atoms with Crippen LogP contribution >= 0.6 is 22.6 Å². The SMILES string of the molecule is C#C[Si](C)(C)O[Si](C)(C)O[Si](C)(C)C#Cc1cccc(I)c1. The Bertz CT molecular complexity index is 637. The summed E-state index contributed by atoms with van der Waals surface area (Å²) >= 11 is 2.29. The van der Waals surface area contributed by atoms with Crippen LogP contribution in [0.5, 0.6) is 0 Å². The first kappa shape index (κ1) is 19.7. The van der Waals surface area contributed by atoms with Crippen molar-refractivity contribution in [1.82, 2.24) is 0 Å². The highest BCUT2D eigenvalue weighted by Crippen LogP contribution is 2.20. The van der Waals surface area contributed by atoms with Gasteiger partial charge in [-0.25, -0.2) is 0 Å². The van der Waals surface area contributed by atoms with Crippen molar-refractivity contribution >= 4 is 47.8 Å². The molecule has 0 heterocycles. The molecule has 0 bridgehead atoms. The smallest absolute Gasteiger partial charge is 0.312 e. The lowest BCUT2D eigenvalue weighted by atomic mass is 10.2. The van der Waals surface area contributed by atoms with Gasteiger partial charge in [0.1, 0.15) is 0 Å². The number of terminal acetylenes is 1. The van der Waals surface area contributed by atoms with Crippen molar-refractivity contribution in [1.29, 1.82) is 0 Å². The molecule has 0 unspecified atom stereocenters. The predicted molar refractivity (Wildman–Crippen MR) is 109 cm³/mol. The third-order valence-corrected chi connectivity index (χ3v) is 12.8. The quantitative estimate of drug-likeness (QED) is 0.376. The lowest BCUT2D eigenvalue weighted by Gasteiger charge is -2.34. The lowest BCUT2D eigenvalue weighted by Crippen LogP contribution is -2.51. The van der Waals surface area contributed by atoms with Crippen LogP contribution in [0.15, 0.2) is 24.3 Å². The van der Waals surface area contributed by atoms with E-state index in [1.165, 1.54) is 3.57 Å². The molecule has 0 amide bonds. The van der Waals surface area contributed by atoms with E-state index in [4.69, 9.17) is 14.7 Å². The molecule has 0 radical (unpaired) electrons. The van der Waals surface area contributed by atoms with Gasteiger partial charge < -0.3 is 8.23 Å². The maximum absolute atomic E-state index is 6.33. The first-order valence-corrected chi connectivity index (χ1v) is 16.8. The highest BCUT2D eigenvalue weighted by molar-refractivity contribution is 14.1. The van der Waals surface area contributed by atoms with Crippen LogP contribution in [0.2, 0.25) is 39.3 Å². The van der Waals surface area contributed by atoms with Crippen LogP contribution in [0.1, 0.15) is 5.56 Å². The normalized spacial score (nSPS) is 12.3. The molecule has 1 aromatic carbocycles. The van der Waals surface area contributed by atoms with Crippen LogP contribution in [-0.2, 0) is 8.23 Å². The Morgan fingerprint density at radius 3 is 2.14 bits per heavy atom. The molecule has 0 aliphatic heterocycles. The summed E-state index contributed by atoms with van der Waals surface area (Å²) in [5.74, 6) is 3.24. The third-order valence-electron chi connectivity index (χ3n) is 2.68. The minimum Gasteiger partial charge on any atom is -0.427 e. The zero-order valence-electron chi connectivity index (χ0n) is 14.1. The second kappa shape index (κ2) is 7.47. The lowest BCUT2D eigenvalue weighted by molar-refractivity contribution is 0.402. The van der Waals surface area contributed by atoms with Crippen LogP contribution in [0.25, 0.3) is 0 Å². The Kier molecular flexibility index (Phi) is 6.69. The second-order valence-electron chi connectivity index (χ2n) is 6.53. The van der Waals surface area contributed by atoms with Crippen molar-refractivity contribution in [3.8, 4) is 23.4 Å². The van der Waals surface area contributed by atoms with E-state index in [1.54, 1.807) is 0 Å². The van der Waals surface area contributed by atoms with Crippen LogP contribution in [0.4, 0.5) is 0 Å². The zero-order chi connectivity index (χ0) is 17.0. The second-order valence-corrected chi connectivity index (χ2v) is 18.8. The highest BCUT2D eigenvalue weighted by Gasteiger charge is 2.38. The fourth-order valence-electron chi connectivity index (χ4n) is 2.09. The Morgan fingerprint density at radius 2 is 1.59 bits per heavy atom. The summed E-state index contributed by atoms with van der Waals surface area (Å²) in [4.78, 5) is 0. The Labute approximate surface area is 151 Å². The van der Waals surface area contributed by atoms with Crippen LogP contribution in [-0.4, -0.2) is 25.2 Å². The molecule has 1 rings (SSSR count). The van der Waals surface area contributed by atoms with E-state index < -0.39 is 25.2 Å². The van der Waals surface area contributed by atoms with E-state index in [1.807, 2.05) is 25.2 Å². The maximum Gasteiger partial charge on any atom is 0.312 e. The predicted octanol–water partition coefficient (Wildman–Crippen LogP) is 4.50. The molecule has 0 aliphatic carbocycles. The number of halogens is 1.